The van der Waals surface area contributed by atoms with E-state index in [0.717, 1.165) is 17.7 Å². The third-order valence-corrected chi connectivity index (χ3v) is 3.31. The number of aryl methyl sites for hydroxylation is 1. The molecule has 0 spiro atoms. The van der Waals surface area contributed by atoms with Crippen molar-refractivity contribution >= 4 is 11.6 Å². The minimum Gasteiger partial charge on any atom is -0.497 e. The Labute approximate surface area is 124 Å². The average Bonchev–Trinajstić information content (AvgIpc) is 2.54. The normalized spacial score (nSPS) is 11.8. The maximum atomic E-state index is 12.2. The number of amides is 1. The number of methoxy groups -OCH3 is 1. The zero-order chi connectivity index (χ0) is 15.2. The lowest BCUT2D eigenvalue weighted by Gasteiger charge is -2.14. The Balaban J connectivity index is 2.15. The van der Waals surface area contributed by atoms with E-state index in [0.29, 0.717) is 11.3 Å². The molecule has 4 nitrogen and oxygen atoms in total. The maximum Gasteiger partial charge on any atom is 0.257 e. The molecule has 110 valence electrons. The average molecular weight is 285 g/mol. The standard InChI is InChI=1S/C17H19NO3/c1-3-12-7-4-5-10-15(12)18-17(20)16(19)13-8-6-9-14(11-13)21-2/h4-11,16,19H,3H2,1-2H3,(H,18,20). The van der Waals surface area contributed by atoms with Gasteiger partial charge in [-0.2, -0.15) is 0 Å². The molecule has 2 aromatic carbocycles. The monoisotopic (exact) mass is 285 g/mol. The molecule has 0 aromatic heterocycles. The largest absolute Gasteiger partial charge is 0.497 e. The van der Waals surface area contributed by atoms with Crippen molar-refractivity contribution in [1.82, 2.24) is 0 Å². The highest BCUT2D eigenvalue weighted by molar-refractivity contribution is 5.95. The number of hydrogen-bond donors (Lipinski definition) is 2. The van der Waals surface area contributed by atoms with Gasteiger partial charge in [0, 0.05) is 5.69 Å². The molecule has 0 fully saturated rings. The number of benzene rings is 2. The van der Waals surface area contributed by atoms with Crippen LogP contribution in [0.2, 0.25) is 0 Å². The summed E-state index contributed by atoms with van der Waals surface area (Å²) in [4.78, 5) is 12.2. The molecule has 0 radical (unpaired) electrons. The van der Waals surface area contributed by atoms with Gasteiger partial charge in [0.25, 0.3) is 5.91 Å². The molecule has 0 aliphatic heterocycles. The van der Waals surface area contributed by atoms with E-state index >= 15 is 0 Å². The fraction of sp³-hybridized carbons (Fsp3) is 0.235. The summed E-state index contributed by atoms with van der Waals surface area (Å²) >= 11 is 0. The maximum absolute atomic E-state index is 12.2. The first-order valence-electron chi connectivity index (χ1n) is 6.86. The van der Waals surface area contributed by atoms with Gasteiger partial charge in [0.05, 0.1) is 7.11 Å². The molecule has 1 atom stereocenters. The van der Waals surface area contributed by atoms with E-state index in [4.69, 9.17) is 4.74 Å². The van der Waals surface area contributed by atoms with Gasteiger partial charge in [-0.05, 0) is 35.7 Å². The van der Waals surface area contributed by atoms with Crippen LogP contribution in [0.5, 0.6) is 5.75 Å². The van der Waals surface area contributed by atoms with Gasteiger partial charge in [0.1, 0.15) is 5.75 Å². The highest BCUT2D eigenvalue weighted by Crippen LogP contribution is 2.22. The highest BCUT2D eigenvalue weighted by Gasteiger charge is 2.18. The van der Waals surface area contributed by atoms with E-state index in [1.54, 1.807) is 31.4 Å². The quantitative estimate of drug-likeness (QED) is 0.888. The van der Waals surface area contributed by atoms with Crippen molar-refractivity contribution in [3.63, 3.8) is 0 Å². The Hall–Kier alpha value is -2.33. The van der Waals surface area contributed by atoms with Crippen LogP contribution in [0.4, 0.5) is 5.69 Å². The first-order chi connectivity index (χ1) is 10.2. The Morgan fingerprint density at radius 1 is 1.24 bits per heavy atom. The Morgan fingerprint density at radius 3 is 2.71 bits per heavy atom. The summed E-state index contributed by atoms with van der Waals surface area (Å²) in [5.74, 6) is 0.150. The van der Waals surface area contributed by atoms with E-state index in [1.165, 1.54) is 0 Å². The molecule has 1 amide bonds. The van der Waals surface area contributed by atoms with Gasteiger partial charge in [-0.15, -0.1) is 0 Å². The topological polar surface area (TPSA) is 58.6 Å². The lowest BCUT2D eigenvalue weighted by Crippen LogP contribution is -2.21. The molecule has 0 saturated heterocycles. The van der Waals surface area contributed by atoms with Crippen molar-refractivity contribution in [1.29, 1.82) is 0 Å². The van der Waals surface area contributed by atoms with Crippen molar-refractivity contribution < 1.29 is 14.6 Å². The molecule has 21 heavy (non-hydrogen) atoms. The minimum absolute atomic E-state index is 0.454. The zero-order valence-electron chi connectivity index (χ0n) is 12.2. The highest BCUT2D eigenvalue weighted by atomic mass is 16.5. The smallest absolute Gasteiger partial charge is 0.257 e. The second-order valence-electron chi connectivity index (χ2n) is 4.68. The summed E-state index contributed by atoms with van der Waals surface area (Å²) in [6.45, 7) is 2.02. The van der Waals surface area contributed by atoms with Crippen LogP contribution >= 0.6 is 0 Å². The zero-order valence-corrected chi connectivity index (χ0v) is 12.2. The third-order valence-electron chi connectivity index (χ3n) is 3.31. The van der Waals surface area contributed by atoms with Gasteiger partial charge in [-0.1, -0.05) is 37.3 Å². The van der Waals surface area contributed by atoms with Crippen molar-refractivity contribution in [2.45, 2.75) is 19.4 Å². The molecule has 1 unspecified atom stereocenters. The lowest BCUT2D eigenvalue weighted by molar-refractivity contribution is -0.124. The van der Waals surface area contributed by atoms with Gasteiger partial charge in [0.2, 0.25) is 0 Å². The number of anilines is 1. The number of nitrogens with one attached hydrogen (secondary N) is 1. The van der Waals surface area contributed by atoms with Crippen molar-refractivity contribution in [2.24, 2.45) is 0 Å². The van der Waals surface area contributed by atoms with Gasteiger partial charge >= 0.3 is 0 Å². The van der Waals surface area contributed by atoms with E-state index in [2.05, 4.69) is 5.32 Å². The number of para-hydroxylation sites is 1. The van der Waals surface area contributed by atoms with E-state index in [1.807, 2.05) is 31.2 Å². The first kappa shape index (κ1) is 15.1. The molecular formula is C17H19NO3. The van der Waals surface area contributed by atoms with Gasteiger partial charge in [0.15, 0.2) is 6.10 Å². The minimum atomic E-state index is -1.23. The second-order valence-corrected chi connectivity index (χ2v) is 4.68. The third kappa shape index (κ3) is 3.61. The number of aliphatic hydroxyl groups is 1. The number of carbonyl (C=O) groups excluding carboxylic acids is 1. The molecule has 2 aromatic rings. The summed E-state index contributed by atoms with van der Waals surface area (Å²) in [6.07, 6.45) is -0.420. The number of rotatable bonds is 5. The second kappa shape index (κ2) is 6.90. The molecular weight excluding hydrogens is 266 g/mol. The fourth-order valence-corrected chi connectivity index (χ4v) is 2.11. The van der Waals surface area contributed by atoms with Crippen LogP contribution in [-0.4, -0.2) is 18.1 Å². The van der Waals surface area contributed by atoms with Crippen LogP contribution in [0, 0.1) is 0 Å². The van der Waals surface area contributed by atoms with Crippen molar-refractivity contribution in [3.05, 3.63) is 59.7 Å². The van der Waals surface area contributed by atoms with Crippen LogP contribution in [0.25, 0.3) is 0 Å². The van der Waals surface area contributed by atoms with Gasteiger partial charge in [-0.3, -0.25) is 4.79 Å². The molecule has 0 saturated carbocycles. The molecule has 2 N–H and O–H groups in total. The Bertz CT molecular complexity index is 625. The summed E-state index contributed by atoms with van der Waals surface area (Å²) in [7, 11) is 1.54. The van der Waals surface area contributed by atoms with Gasteiger partial charge < -0.3 is 15.2 Å². The summed E-state index contributed by atoms with van der Waals surface area (Å²) < 4.78 is 5.10. The Morgan fingerprint density at radius 2 is 2.00 bits per heavy atom. The fourth-order valence-electron chi connectivity index (χ4n) is 2.11. The summed E-state index contributed by atoms with van der Waals surface area (Å²) in [6, 6.07) is 14.4. The van der Waals surface area contributed by atoms with Crippen LogP contribution in [0.15, 0.2) is 48.5 Å². The van der Waals surface area contributed by atoms with E-state index in [9.17, 15) is 9.90 Å². The van der Waals surface area contributed by atoms with Crippen LogP contribution < -0.4 is 10.1 Å². The number of carbonyl (C=O) groups is 1. The van der Waals surface area contributed by atoms with Crippen LogP contribution in [0.3, 0.4) is 0 Å². The number of hydrogen-bond acceptors (Lipinski definition) is 3. The molecule has 0 aliphatic rings. The van der Waals surface area contributed by atoms with Gasteiger partial charge in [-0.25, -0.2) is 0 Å². The SMILES string of the molecule is CCc1ccccc1NC(=O)C(O)c1cccc(OC)c1. The molecule has 2 rings (SSSR count). The van der Waals surface area contributed by atoms with Crippen molar-refractivity contribution in [3.8, 4) is 5.75 Å². The predicted octanol–water partition coefficient (Wildman–Crippen LogP) is 2.93. The summed E-state index contributed by atoms with van der Waals surface area (Å²) in [5.41, 5.74) is 2.26. The Kier molecular flexibility index (Phi) is 4.95. The van der Waals surface area contributed by atoms with E-state index in [-0.39, 0.29) is 0 Å². The predicted molar refractivity (Wildman–Crippen MR) is 82.4 cm³/mol. The summed E-state index contributed by atoms with van der Waals surface area (Å²) in [5, 5.41) is 12.9. The van der Waals surface area contributed by atoms with Crippen LogP contribution in [0.1, 0.15) is 24.2 Å². The van der Waals surface area contributed by atoms with Crippen molar-refractivity contribution in [2.75, 3.05) is 12.4 Å². The van der Waals surface area contributed by atoms with E-state index < -0.39 is 12.0 Å². The first-order valence-corrected chi connectivity index (χ1v) is 6.86. The van der Waals surface area contributed by atoms with Crippen LogP contribution in [-0.2, 0) is 11.2 Å². The molecule has 4 heteroatoms. The lowest BCUT2D eigenvalue weighted by atomic mass is 10.1. The number of aliphatic hydroxyl groups excluding tert-OH is 1. The molecule has 0 heterocycles. The molecule has 0 bridgehead atoms. The number of ether oxygens (including phenoxy) is 1. The molecule has 0 aliphatic carbocycles.